The van der Waals surface area contributed by atoms with Gasteiger partial charge in [-0.2, -0.15) is 0 Å². The third kappa shape index (κ3) is 9.62. The Morgan fingerprint density at radius 2 is 1.82 bits per heavy atom. The van der Waals surface area contributed by atoms with Crippen LogP contribution in [0, 0.1) is 28.6 Å². The SMILES string of the molecule is C=C(OC)S/C=C(N)/C=C(\C)[C@@H]1CC(C)C(C)(C)C/C=C/[C@H](C)[C@H](O)[C@@H](C)C(=O)C(C)(C)[C@@H](O)CC(=O)O1. The van der Waals surface area contributed by atoms with E-state index in [2.05, 4.69) is 33.4 Å². The van der Waals surface area contributed by atoms with E-state index < -0.39 is 35.6 Å². The van der Waals surface area contributed by atoms with Crippen molar-refractivity contribution in [1.82, 2.24) is 0 Å². The lowest BCUT2D eigenvalue weighted by Crippen LogP contribution is -2.45. The van der Waals surface area contributed by atoms with Gasteiger partial charge in [-0.1, -0.05) is 72.4 Å². The summed E-state index contributed by atoms with van der Waals surface area (Å²) in [6, 6.07) is 0. The summed E-state index contributed by atoms with van der Waals surface area (Å²) in [6.07, 6.45) is 4.00. The van der Waals surface area contributed by atoms with E-state index in [1.165, 1.54) is 18.9 Å². The zero-order valence-corrected chi connectivity index (χ0v) is 25.4. The number of ether oxygens (including phenoxy) is 2. The summed E-state index contributed by atoms with van der Waals surface area (Å²) in [6.45, 7) is 18.8. The van der Waals surface area contributed by atoms with Gasteiger partial charge in [0, 0.05) is 22.9 Å². The van der Waals surface area contributed by atoms with Crippen molar-refractivity contribution in [2.24, 2.45) is 34.3 Å². The number of cyclic esters (lactones) is 1. The molecule has 4 N–H and O–H groups in total. The Morgan fingerprint density at radius 3 is 2.39 bits per heavy atom. The zero-order chi connectivity index (χ0) is 29.4. The molecule has 0 aromatic heterocycles. The molecule has 1 rings (SSSR count). The average Bonchev–Trinajstić information content (AvgIpc) is 2.84. The van der Waals surface area contributed by atoms with Crippen LogP contribution >= 0.6 is 11.8 Å². The number of nitrogens with two attached hydrogens (primary N) is 1. The predicted molar refractivity (Wildman–Crippen MR) is 155 cm³/mol. The first-order valence-electron chi connectivity index (χ1n) is 13.2. The Hall–Kier alpha value is -2.03. The van der Waals surface area contributed by atoms with Crippen molar-refractivity contribution in [3.63, 3.8) is 0 Å². The molecule has 38 heavy (non-hydrogen) atoms. The number of esters is 1. The molecule has 0 amide bonds. The monoisotopic (exact) mass is 551 g/mol. The van der Waals surface area contributed by atoms with E-state index in [1.54, 1.807) is 32.3 Å². The molecule has 1 aliphatic rings. The predicted octanol–water partition coefficient (Wildman–Crippen LogP) is 5.49. The number of Topliss-reactive ketones (excluding diaryl/α,β-unsaturated/α-hetero) is 1. The van der Waals surface area contributed by atoms with Gasteiger partial charge >= 0.3 is 5.97 Å². The minimum Gasteiger partial charge on any atom is -0.491 e. The maximum Gasteiger partial charge on any atom is 0.309 e. The van der Waals surface area contributed by atoms with Crippen LogP contribution in [-0.4, -0.2) is 47.4 Å². The van der Waals surface area contributed by atoms with Crippen molar-refractivity contribution in [3.05, 3.63) is 46.6 Å². The highest BCUT2D eigenvalue weighted by Crippen LogP contribution is 2.37. The molecule has 0 aliphatic carbocycles. The number of rotatable bonds is 5. The molecule has 6 atom stereocenters. The topological polar surface area (TPSA) is 119 Å². The number of ketones is 1. The molecular weight excluding hydrogens is 502 g/mol. The second-order valence-electron chi connectivity index (χ2n) is 11.9. The smallest absolute Gasteiger partial charge is 0.309 e. The van der Waals surface area contributed by atoms with Gasteiger partial charge in [-0.3, -0.25) is 9.59 Å². The van der Waals surface area contributed by atoms with Crippen LogP contribution in [-0.2, 0) is 19.1 Å². The van der Waals surface area contributed by atoms with Crippen molar-refractivity contribution in [2.45, 2.75) is 93.0 Å². The van der Waals surface area contributed by atoms with Crippen molar-refractivity contribution < 1.29 is 29.3 Å². The third-order valence-corrected chi connectivity index (χ3v) is 8.83. The van der Waals surface area contributed by atoms with Crippen LogP contribution in [0.15, 0.2) is 46.6 Å². The fraction of sp³-hybridized carbons (Fsp3) is 0.667. The molecule has 8 heteroatoms. The lowest BCUT2D eigenvalue weighted by molar-refractivity contribution is -0.155. The molecule has 7 nitrogen and oxygen atoms in total. The quantitative estimate of drug-likeness (QED) is 0.178. The Balaban J connectivity index is 3.41. The van der Waals surface area contributed by atoms with E-state index in [4.69, 9.17) is 15.2 Å². The van der Waals surface area contributed by atoms with Gasteiger partial charge in [-0.05, 0) is 49.3 Å². The summed E-state index contributed by atoms with van der Waals surface area (Å²) in [5, 5.41) is 24.0. The normalized spacial score (nSPS) is 32.8. The summed E-state index contributed by atoms with van der Waals surface area (Å²) in [5.41, 5.74) is 6.03. The number of thioether (sulfide) groups is 1. The number of methoxy groups -OCH3 is 1. The molecule has 0 radical (unpaired) electrons. The highest BCUT2D eigenvalue weighted by atomic mass is 32.2. The first-order valence-corrected chi connectivity index (χ1v) is 14.1. The molecule has 1 aliphatic heterocycles. The Labute approximate surface area is 233 Å². The maximum absolute atomic E-state index is 13.3. The lowest BCUT2D eigenvalue weighted by Gasteiger charge is -2.36. The van der Waals surface area contributed by atoms with Gasteiger partial charge in [0.25, 0.3) is 0 Å². The van der Waals surface area contributed by atoms with Crippen LogP contribution in [0.4, 0.5) is 0 Å². The highest BCUT2D eigenvalue weighted by molar-refractivity contribution is 8.05. The summed E-state index contributed by atoms with van der Waals surface area (Å²) in [4.78, 5) is 26.3. The van der Waals surface area contributed by atoms with Crippen LogP contribution in [0.2, 0.25) is 0 Å². The van der Waals surface area contributed by atoms with Crippen LogP contribution < -0.4 is 5.73 Å². The number of hydrogen-bond donors (Lipinski definition) is 3. The molecule has 1 unspecified atom stereocenters. The first kappa shape index (κ1) is 34.0. The second-order valence-corrected chi connectivity index (χ2v) is 12.8. The molecule has 0 aromatic carbocycles. The number of hydrogen-bond acceptors (Lipinski definition) is 8. The molecular formula is C30H49NO6S. The molecule has 0 saturated heterocycles. The summed E-state index contributed by atoms with van der Waals surface area (Å²) in [7, 11) is 1.53. The molecule has 0 spiro atoms. The summed E-state index contributed by atoms with van der Waals surface area (Å²) < 4.78 is 11.0. The van der Waals surface area contributed by atoms with Gasteiger partial charge in [0.15, 0.2) is 0 Å². The van der Waals surface area contributed by atoms with Crippen LogP contribution in [0.25, 0.3) is 0 Å². The minimum atomic E-state index is -1.27. The molecule has 0 aromatic rings. The van der Waals surface area contributed by atoms with E-state index in [1.807, 2.05) is 19.9 Å². The number of allylic oxidation sites excluding steroid dienone is 2. The number of aliphatic hydroxyl groups is 2. The van der Waals surface area contributed by atoms with Gasteiger partial charge in [0.05, 0.1) is 31.2 Å². The minimum absolute atomic E-state index is 0.139. The summed E-state index contributed by atoms with van der Waals surface area (Å²) >= 11 is 1.25. The number of aliphatic hydroxyl groups excluding tert-OH is 2. The Bertz CT molecular complexity index is 935. The van der Waals surface area contributed by atoms with Crippen LogP contribution in [0.1, 0.15) is 74.7 Å². The van der Waals surface area contributed by atoms with E-state index in [9.17, 15) is 19.8 Å². The van der Waals surface area contributed by atoms with Crippen molar-refractivity contribution >= 4 is 23.5 Å². The van der Waals surface area contributed by atoms with Crippen LogP contribution in [0.3, 0.4) is 0 Å². The number of carbonyl (C=O) groups excluding carboxylic acids is 2. The van der Waals surface area contributed by atoms with Gasteiger partial charge in [-0.15, -0.1) is 0 Å². The molecule has 1 heterocycles. The molecule has 0 saturated carbocycles. The standard InChI is InChI=1S/C30H49NO6S/c1-18-12-11-13-29(6,7)20(3)15-24(19(2)14-23(31)17-38-22(5)36-10)37-26(33)16-25(32)30(8,9)28(35)21(4)27(18)34/h11-12,14,17-18,20-21,24-25,27,32,34H,5,13,15-16,31H2,1-4,6-10H3/b12-11+,19-14+,23-17-/t18-,20?,21+,24-,25-,27-/m0/s1. The Kier molecular flexibility index (Phi) is 12.9. The van der Waals surface area contributed by atoms with Gasteiger partial charge in [0.2, 0.25) is 0 Å². The lowest BCUT2D eigenvalue weighted by atomic mass is 9.72. The van der Waals surface area contributed by atoms with Gasteiger partial charge in [-0.25, -0.2) is 0 Å². The largest absolute Gasteiger partial charge is 0.491 e. The average molecular weight is 552 g/mol. The number of carbonyl (C=O) groups is 2. The first-order chi connectivity index (χ1) is 17.4. The van der Waals surface area contributed by atoms with Crippen molar-refractivity contribution in [3.8, 4) is 0 Å². The fourth-order valence-electron chi connectivity index (χ4n) is 4.42. The Morgan fingerprint density at radius 1 is 1.21 bits per heavy atom. The van der Waals surface area contributed by atoms with Gasteiger partial charge in [0.1, 0.15) is 17.0 Å². The maximum atomic E-state index is 13.3. The van der Waals surface area contributed by atoms with Gasteiger partial charge < -0.3 is 25.4 Å². The van der Waals surface area contributed by atoms with Crippen molar-refractivity contribution in [2.75, 3.05) is 7.11 Å². The van der Waals surface area contributed by atoms with E-state index in [0.29, 0.717) is 17.2 Å². The van der Waals surface area contributed by atoms with Crippen molar-refractivity contribution in [1.29, 1.82) is 0 Å². The fourth-order valence-corrected chi connectivity index (χ4v) is 4.85. The second kappa shape index (κ2) is 14.4. The summed E-state index contributed by atoms with van der Waals surface area (Å²) in [5.74, 6) is -1.71. The van der Waals surface area contributed by atoms with Crippen LogP contribution in [0.5, 0.6) is 0 Å². The van der Waals surface area contributed by atoms with E-state index in [0.717, 1.165) is 12.0 Å². The zero-order valence-electron chi connectivity index (χ0n) is 24.6. The van der Waals surface area contributed by atoms with E-state index >= 15 is 0 Å². The molecule has 0 fully saturated rings. The van der Waals surface area contributed by atoms with E-state index in [-0.39, 0.29) is 29.5 Å². The highest BCUT2D eigenvalue weighted by Gasteiger charge is 2.42. The molecule has 0 bridgehead atoms. The third-order valence-electron chi connectivity index (χ3n) is 8.01. The molecule has 216 valence electrons.